The van der Waals surface area contributed by atoms with Crippen LogP contribution in [0.1, 0.15) is 44.3 Å². The van der Waals surface area contributed by atoms with Crippen molar-refractivity contribution in [3.05, 3.63) is 41.6 Å². The summed E-state index contributed by atoms with van der Waals surface area (Å²) in [5.41, 5.74) is 8.04. The van der Waals surface area contributed by atoms with Crippen LogP contribution in [0.5, 0.6) is 0 Å². The number of fused-ring (bicyclic) bond motifs is 2. The van der Waals surface area contributed by atoms with Gasteiger partial charge in [0.15, 0.2) is 0 Å². The standard InChI is InChI=1S/C19H26N4O2/c1-2-3-4-13(20)9-16(21)19(24)23-14-7-5-12(6-8-14)18-17-10-15(25-18)11-22-17/h5-9,15,17-18,21-22H,2-4,10-11,20H2,1H3,(H,23,24)/t15-,17-,18+/m1/s1. The molecule has 1 aromatic carbocycles. The molecular weight excluding hydrogens is 316 g/mol. The third-order valence-electron chi connectivity index (χ3n) is 4.72. The fourth-order valence-electron chi connectivity index (χ4n) is 3.34. The van der Waals surface area contributed by atoms with Gasteiger partial charge in [-0.3, -0.25) is 10.2 Å². The molecule has 2 heterocycles. The summed E-state index contributed by atoms with van der Waals surface area (Å²) in [5, 5.41) is 14.0. The van der Waals surface area contributed by atoms with E-state index in [4.69, 9.17) is 15.9 Å². The Morgan fingerprint density at radius 2 is 2.20 bits per heavy atom. The second-order valence-corrected chi connectivity index (χ2v) is 6.74. The number of anilines is 1. The smallest absolute Gasteiger partial charge is 0.273 e. The molecule has 2 aliphatic rings. The van der Waals surface area contributed by atoms with Gasteiger partial charge in [-0.15, -0.1) is 0 Å². The summed E-state index contributed by atoms with van der Waals surface area (Å²) in [6.07, 6.45) is 5.60. The summed E-state index contributed by atoms with van der Waals surface area (Å²) in [4.78, 5) is 12.1. The number of morpholine rings is 1. The zero-order valence-electron chi connectivity index (χ0n) is 14.5. The second kappa shape index (κ2) is 7.80. The van der Waals surface area contributed by atoms with E-state index in [0.717, 1.165) is 31.4 Å². The highest BCUT2D eigenvalue weighted by atomic mass is 16.5. The molecule has 25 heavy (non-hydrogen) atoms. The Balaban J connectivity index is 1.56. The molecule has 3 atom stereocenters. The van der Waals surface area contributed by atoms with Crippen LogP contribution in [0, 0.1) is 5.41 Å². The van der Waals surface area contributed by atoms with Gasteiger partial charge in [-0.2, -0.15) is 0 Å². The normalized spacial score (nSPS) is 25.2. The van der Waals surface area contributed by atoms with Crippen LogP contribution in [0.25, 0.3) is 0 Å². The highest BCUT2D eigenvalue weighted by Crippen LogP contribution is 2.36. The van der Waals surface area contributed by atoms with Crippen LogP contribution in [0.4, 0.5) is 5.69 Å². The van der Waals surface area contributed by atoms with Crippen molar-refractivity contribution in [3.8, 4) is 0 Å². The van der Waals surface area contributed by atoms with E-state index in [9.17, 15) is 4.79 Å². The number of ether oxygens (including phenoxy) is 1. The van der Waals surface area contributed by atoms with Crippen molar-refractivity contribution in [2.45, 2.75) is 50.9 Å². The van der Waals surface area contributed by atoms with Gasteiger partial charge in [-0.1, -0.05) is 25.5 Å². The number of hydrogen-bond donors (Lipinski definition) is 4. The molecule has 6 nitrogen and oxygen atoms in total. The molecule has 0 aromatic heterocycles. The summed E-state index contributed by atoms with van der Waals surface area (Å²) in [5.74, 6) is -0.454. The quantitative estimate of drug-likeness (QED) is 0.572. The summed E-state index contributed by atoms with van der Waals surface area (Å²) >= 11 is 0. The molecule has 2 fully saturated rings. The number of nitrogens with one attached hydrogen (secondary N) is 3. The van der Waals surface area contributed by atoms with Gasteiger partial charge in [-0.05, 0) is 43.0 Å². The van der Waals surface area contributed by atoms with Crippen LogP contribution in [0.2, 0.25) is 0 Å². The summed E-state index contributed by atoms with van der Waals surface area (Å²) in [6, 6.07) is 8.02. The van der Waals surface area contributed by atoms with Gasteiger partial charge in [0.1, 0.15) is 5.71 Å². The van der Waals surface area contributed by atoms with Crippen LogP contribution in [-0.2, 0) is 9.53 Å². The maximum Gasteiger partial charge on any atom is 0.273 e. The molecule has 3 rings (SSSR count). The van der Waals surface area contributed by atoms with Crippen LogP contribution >= 0.6 is 0 Å². The Kier molecular flexibility index (Phi) is 5.50. The van der Waals surface area contributed by atoms with Crippen molar-refractivity contribution in [2.24, 2.45) is 5.73 Å². The van der Waals surface area contributed by atoms with Crippen LogP contribution in [-0.4, -0.2) is 30.3 Å². The monoisotopic (exact) mass is 342 g/mol. The average Bonchev–Trinajstić information content (AvgIpc) is 3.24. The molecule has 1 aromatic rings. The first-order valence-corrected chi connectivity index (χ1v) is 8.91. The van der Waals surface area contributed by atoms with Crippen molar-refractivity contribution in [1.82, 2.24) is 5.32 Å². The number of hydrogen-bond acceptors (Lipinski definition) is 5. The highest BCUT2D eigenvalue weighted by Gasteiger charge is 2.41. The number of amides is 1. The first-order chi connectivity index (χ1) is 12.1. The number of nitrogens with two attached hydrogens (primary N) is 1. The fraction of sp³-hybridized carbons (Fsp3) is 0.474. The molecule has 5 N–H and O–H groups in total. The first kappa shape index (κ1) is 17.6. The zero-order valence-corrected chi connectivity index (χ0v) is 14.5. The molecule has 0 spiro atoms. The molecule has 0 radical (unpaired) electrons. The molecule has 134 valence electrons. The number of rotatable bonds is 7. The van der Waals surface area contributed by atoms with Crippen molar-refractivity contribution >= 4 is 17.3 Å². The van der Waals surface area contributed by atoms with Crippen molar-refractivity contribution in [3.63, 3.8) is 0 Å². The van der Waals surface area contributed by atoms with Crippen molar-refractivity contribution < 1.29 is 9.53 Å². The lowest BCUT2D eigenvalue weighted by atomic mass is 10.0. The van der Waals surface area contributed by atoms with E-state index in [1.54, 1.807) is 0 Å². The minimum atomic E-state index is -0.454. The molecule has 0 unspecified atom stereocenters. The molecule has 2 bridgehead atoms. The lowest BCUT2D eigenvalue weighted by molar-refractivity contribution is -0.110. The number of unbranched alkanes of at least 4 members (excludes halogenated alkanes) is 1. The predicted molar refractivity (Wildman–Crippen MR) is 98.6 cm³/mol. The molecule has 2 saturated heterocycles. The number of carbonyl (C=O) groups is 1. The van der Waals surface area contributed by atoms with Crippen LogP contribution < -0.4 is 16.4 Å². The maximum atomic E-state index is 12.1. The molecule has 0 aliphatic carbocycles. The Bertz CT molecular complexity index is 669. The molecule has 6 heteroatoms. The number of benzene rings is 1. The predicted octanol–water partition coefficient (Wildman–Crippen LogP) is 2.48. The second-order valence-electron chi connectivity index (χ2n) is 6.74. The number of allylic oxidation sites excluding steroid dienone is 1. The summed E-state index contributed by atoms with van der Waals surface area (Å²) in [7, 11) is 0. The van der Waals surface area contributed by atoms with Gasteiger partial charge in [0.05, 0.1) is 12.2 Å². The largest absolute Gasteiger partial charge is 0.402 e. The van der Waals surface area contributed by atoms with E-state index in [-0.39, 0.29) is 11.8 Å². The highest BCUT2D eigenvalue weighted by molar-refractivity contribution is 6.46. The van der Waals surface area contributed by atoms with Gasteiger partial charge in [0.2, 0.25) is 0 Å². The molecular formula is C19H26N4O2. The third-order valence-corrected chi connectivity index (χ3v) is 4.72. The lowest BCUT2D eigenvalue weighted by Gasteiger charge is -2.23. The summed E-state index contributed by atoms with van der Waals surface area (Å²) < 4.78 is 5.98. The fourth-order valence-corrected chi connectivity index (χ4v) is 3.34. The van der Waals surface area contributed by atoms with E-state index >= 15 is 0 Å². The Hall–Kier alpha value is -2.18. The SMILES string of the molecule is CCCCC(N)=CC(=N)C(=O)Nc1ccc([C@@H]2O[C@H]3CN[C@@H]2C3)cc1. The van der Waals surface area contributed by atoms with E-state index in [2.05, 4.69) is 17.6 Å². The van der Waals surface area contributed by atoms with Crippen molar-refractivity contribution in [2.75, 3.05) is 11.9 Å². The van der Waals surface area contributed by atoms with E-state index in [1.807, 2.05) is 24.3 Å². The van der Waals surface area contributed by atoms with Gasteiger partial charge in [0, 0.05) is 24.0 Å². The van der Waals surface area contributed by atoms with Gasteiger partial charge in [-0.25, -0.2) is 0 Å². The Labute approximate surface area is 148 Å². The Morgan fingerprint density at radius 1 is 1.44 bits per heavy atom. The third kappa shape index (κ3) is 4.27. The number of carbonyl (C=O) groups excluding carboxylic acids is 1. The minimum Gasteiger partial charge on any atom is -0.402 e. The first-order valence-electron chi connectivity index (χ1n) is 8.91. The molecule has 0 saturated carbocycles. The van der Waals surface area contributed by atoms with E-state index in [1.165, 1.54) is 6.08 Å². The Morgan fingerprint density at radius 3 is 2.80 bits per heavy atom. The molecule has 1 amide bonds. The van der Waals surface area contributed by atoms with Gasteiger partial charge >= 0.3 is 0 Å². The van der Waals surface area contributed by atoms with Crippen LogP contribution in [0.15, 0.2) is 36.0 Å². The topological polar surface area (TPSA) is 100 Å². The van der Waals surface area contributed by atoms with Crippen molar-refractivity contribution in [1.29, 1.82) is 5.41 Å². The average molecular weight is 342 g/mol. The lowest BCUT2D eigenvalue weighted by Crippen LogP contribution is -2.33. The van der Waals surface area contributed by atoms with Gasteiger partial charge in [0.25, 0.3) is 5.91 Å². The summed E-state index contributed by atoms with van der Waals surface area (Å²) in [6.45, 7) is 3.01. The maximum absolute atomic E-state index is 12.1. The molecule has 2 aliphatic heterocycles. The van der Waals surface area contributed by atoms with Gasteiger partial charge < -0.3 is 21.1 Å². The van der Waals surface area contributed by atoms with E-state index in [0.29, 0.717) is 30.0 Å². The van der Waals surface area contributed by atoms with Crippen LogP contribution in [0.3, 0.4) is 0 Å². The zero-order chi connectivity index (χ0) is 17.8. The minimum absolute atomic E-state index is 0.0862. The van der Waals surface area contributed by atoms with E-state index < -0.39 is 5.91 Å².